The molecular formula is C29H30FN7O3. The molecule has 0 radical (unpaired) electrons. The Morgan fingerprint density at radius 1 is 1.00 bits per heavy atom. The lowest BCUT2D eigenvalue weighted by Gasteiger charge is -2.36. The normalized spacial score (nSPS) is 16.8. The minimum absolute atomic E-state index is 0.104. The molecule has 0 bridgehead atoms. The number of hydrogen-bond donors (Lipinski definition) is 1. The Morgan fingerprint density at radius 2 is 1.70 bits per heavy atom. The third-order valence-electron chi connectivity index (χ3n) is 7.44. The van der Waals surface area contributed by atoms with Crippen LogP contribution in [-0.4, -0.2) is 71.1 Å². The van der Waals surface area contributed by atoms with Gasteiger partial charge >= 0.3 is 0 Å². The van der Waals surface area contributed by atoms with E-state index in [9.17, 15) is 9.59 Å². The van der Waals surface area contributed by atoms with E-state index in [1.54, 1.807) is 17.0 Å². The highest BCUT2D eigenvalue weighted by molar-refractivity contribution is 6.05. The Kier molecular flexibility index (Phi) is 7.71. The zero-order valence-electron chi connectivity index (χ0n) is 22.5. The van der Waals surface area contributed by atoms with Gasteiger partial charge in [0, 0.05) is 68.9 Å². The molecule has 11 heteroatoms. The van der Waals surface area contributed by atoms with E-state index in [4.69, 9.17) is 10.00 Å². The van der Waals surface area contributed by atoms with Gasteiger partial charge in [0.05, 0.1) is 30.0 Å². The molecule has 0 unspecified atom stereocenters. The van der Waals surface area contributed by atoms with Gasteiger partial charge in [-0.15, -0.1) is 0 Å². The summed E-state index contributed by atoms with van der Waals surface area (Å²) in [7, 11) is 0. The van der Waals surface area contributed by atoms with Crippen molar-refractivity contribution in [2.24, 2.45) is 0 Å². The van der Waals surface area contributed by atoms with Gasteiger partial charge in [-0.3, -0.25) is 14.6 Å². The van der Waals surface area contributed by atoms with Crippen LogP contribution < -0.4 is 10.2 Å². The van der Waals surface area contributed by atoms with Crippen molar-refractivity contribution in [1.82, 2.24) is 19.9 Å². The van der Waals surface area contributed by atoms with E-state index in [1.165, 1.54) is 24.7 Å². The standard InChI is InChI=1S/C29H30FN7O3/c1-19-13-20(2)24(35-26(38)22-17-33-28(34-18-22)37-9-11-40-12-10-37)14-23(19)27(39)36-7-5-29(30,6-8-36)25-4-3-21(15-31)16-32-25/h3-4,13-14,16-18H,5-12H2,1-2H3,(H,35,38). The minimum atomic E-state index is -1.66. The van der Waals surface area contributed by atoms with E-state index >= 15 is 4.39 Å². The number of morpholine rings is 1. The molecule has 2 aliphatic rings. The lowest BCUT2D eigenvalue weighted by Crippen LogP contribution is -2.43. The third-order valence-corrected chi connectivity index (χ3v) is 7.44. The number of piperidine rings is 1. The molecule has 4 heterocycles. The summed E-state index contributed by atoms with van der Waals surface area (Å²) < 4.78 is 21.0. The molecule has 0 saturated carbocycles. The first-order valence-corrected chi connectivity index (χ1v) is 13.2. The topological polar surface area (TPSA) is 124 Å². The number of benzene rings is 1. The second kappa shape index (κ2) is 11.4. The minimum Gasteiger partial charge on any atom is -0.378 e. The van der Waals surface area contributed by atoms with Crippen LogP contribution in [0.3, 0.4) is 0 Å². The number of carbonyl (C=O) groups is 2. The van der Waals surface area contributed by atoms with Crippen LogP contribution in [0.1, 0.15) is 55.9 Å². The van der Waals surface area contributed by atoms with Crippen LogP contribution in [0, 0.1) is 25.2 Å². The van der Waals surface area contributed by atoms with Crippen LogP contribution in [0.15, 0.2) is 42.9 Å². The monoisotopic (exact) mass is 543 g/mol. The van der Waals surface area contributed by atoms with Crippen LogP contribution in [0.2, 0.25) is 0 Å². The van der Waals surface area contributed by atoms with Gasteiger partial charge in [-0.25, -0.2) is 14.4 Å². The third kappa shape index (κ3) is 5.62. The summed E-state index contributed by atoms with van der Waals surface area (Å²) in [6.45, 7) is 6.75. The molecule has 2 aliphatic heterocycles. The Labute approximate surface area is 231 Å². The molecule has 206 valence electrons. The zero-order valence-corrected chi connectivity index (χ0v) is 22.5. The van der Waals surface area contributed by atoms with Crippen LogP contribution >= 0.6 is 0 Å². The molecule has 5 rings (SSSR count). The second-order valence-corrected chi connectivity index (χ2v) is 10.1. The molecule has 2 fully saturated rings. The highest BCUT2D eigenvalue weighted by atomic mass is 19.1. The zero-order chi connectivity index (χ0) is 28.3. The van der Waals surface area contributed by atoms with Crippen LogP contribution in [0.4, 0.5) is 16.0 Å². The van der Waals surface area contributed by atoms with Crippen LogP contribution in [0.5, 0.6) is 0 Å². The average Bonchev–Trinajstić information content (AvgIpc) is 2.99. The van der Waals surface area contributed by atoms with Gasteiger partial charge in [0.25, 0.3) is 11.8 Å². The first-order valence-electron chi connectivity index (χ1n) is 13.2. The maximum atomic E-state index is 15.7. The summed E-state index contributed by atoms with van der Waals surface area (Å²) in [5, 5.41) is 11.8. The highest BCUT2D eigenvalue weighted by Gasteiger charge is 2.39. The lowest BCUT2D eigenvalue weighted by molar-refractivity contribution is 0.0402. The number of nitrogens with one attached hydrogen (secondary N) is 1. The Bertz CT molecular complexity index is 1440. The molecule has 2 aromatic heterocycles. The predicted molar refractivity (Wildman–Crippen MR) is 146 cm³/mol. The number of hydrogen-bond acceptors (Lipinski definition) is 8. The second-order valence-electron chi connectivity index (χ2n) is 10.1. The fraction of sp³-hybridized carbons (Fsp3) is 0.379. The van der Waals surface area contributed by atoms with Crippen molar-refractivity contribution in [3.8, 4) is 6.07 Å². The van der Waals surface area contributed by atoms with Crippen molar-refractivity contribution < 1.29 is 18.7 Å². The number of alkyl halides is 1. The van der Waals surface area contributed by atoms with Gasteiger partial charge in [0.2, 0.25) is 5.95 Å². The molecule has 2 saturated heterocycles. The summed E-state index contributed by atoms with van der Waals surface area (Å²) >= 11 is 0. The van der Waals surface area contributed by atoms with E-state index in [0.717, 1.165) is 11.1 Å². The number of rotatable bonds is 5. The number of aryl methyl sites for hydroxylation is 2. The number of nitrogens with zero attached hydrogens (tertiary/aromatic N) is 6. The maximum absolute atomic E-state index is 15.7. The number of anilines is 2. The van der Waals surface area contributed by atoms with Crippen molar-refractivity contribution in [2.45, 2.75) is 32.4 Å². The number of aromatic nitrogens is 3. The van der Waals surface area contributed by atoms with Gasteiger partial charge < -0.3 is 19.9 Å². The van der Waals surface area contributed by atoms with Gasteiger partial charge in [0.1, 0.15) is 6.07 Å². The number of ether oxygens (including phenoxy) is 1. The molecule has 0 spiro atoms. The van der Waals surface area contributed by atoms with E-state index in [-0.39, 0.29) is 43.4 Å². The van der Waals surface area contributed by atoms with Crippen molar-refractivity contribution in [3.63, 3.8) is 0 Å². The molecule has 0 atom stereocenters. The molecule has 40 heavy (non-hydrogen) atoms. The van der Waals surface area contributed by atoms with Gasteiger partial charge in [-0.1, -0.05) is 6.07 Å². The van der Waals surface area contributed by atoms with Crippen LogP contribution in [0.25, 0.3) is 0 Å². The van der Waals surface area contributed by atoms with Crippen molar-refractivity contribution in [3.05, 3.63) is 76.4 Å². The fourth-order valence-corrected chi connectivity index (χ4v) is 4.99. The van der Waals surface area contributed by atoms with Gasteiger partial charge in [-0.2, -0.15) is 5.26 Å². The SMILES string of the molecule is Cc1cc(C)c(C(=O)N2CCC(F)(c3ccc(C#N)cn3)CC2)cc1NC(=O)c1cnc(N2CCOCC2)nc1. The number of nitriles is 1. The summed E-state index contributed by atoms with van der Waals surface area (Å²) in [6.07, 6.45) is 4.55. The van der Waals surface area contributed by atoms with Crippen molar-refractivity contribution in [2.75, 3.05) is 49.6 Å². The number of likely N-dealkylation sites (tertiary alicyclic amines) is 1. The van der Waals surface area contributed by atoms with E-state index in [2.05, 4.69) is 20.3 Å². The molecule has 0 aliphatic carbocycles. The number of amides is 2. The van der Waals surface area contributed by atoms with Crippen molar-refractivity contribution in [1.29, 1.82) is 5.26 Å². The van der Waals surface area contributed by atoms with E-state index in [0.29, 0.717) is 54.6 Å². The van der Waals surface area contributed by atoms with Gasteiger partial charge in [0.15, 0.2) is 5.67 Å². The molecule has 1 N–H and O–H groups in total. The first kappa shape index (κ1) is 27.1. The van der Waals surface area contributed by atoms with Crippen molar-refractivity contribution >= 4 is 23.5 Å². The largest absolute Gasteiger partial charge is 0.378 e. The number of pyridine rings is 1. The molecule has 1 aromatic carbocycles. The van der Waals surface area contributed by atoms with Gasteiger partial charge in [-0.05, 0) is 43.2 Å². The lowest BCUT2D eigenvalue weighted by atomic mass is 9.89. The first-order chi connectivity index (χ1) is 19.3. The fourth-order valence-electron chi connectivity index (χ4n) is 4.99. The average molecular weight is 544 g/mol. The number of halogens is 1. The summed E-state index contributed by atoms with van der Waals surface area (Å²) in [4.78, 5) is 42.9. The van der Waals surface area contributed by atoms with E-state index in [1.807, 2.05) is 30.9 Å². The highest BCUT2D eigenvalue weighted by Crippen LogP contribution is 2.36. The summed E-state index contributed by atoms with van der Waals surface area (Å²) in [5.41, 5.74) is 1.82. The number of carbonyl (C=O) groups excluding carboxylic acids is 2. The summed E-state index contributed by atoms with van der Waals surface area (Å²) in [6, 6.07) is 8.60. The molecule has 2 amide bonds. The molecular weight excluding hydrogens is 513 g/mol. The predicted octanol–water partition coefficient (Wildman–Crippen LogP) is 3.55. The smallest absolute Gasteiger partial charge is 0.258 e. The summed E-state index contributed by atoms with van der Waals surface area (Å²) in [5.74, 6) is -0.0527. The van der Waals surface area contributed by atoms with E-state index < -0.39 is 5.67 Å². The molecule has 3 aromatic rings. The Hall–Kier alpha value is -4.43. The Balaban J connectivity index is 1.26. The molecule has 10 nitrogen and oxygen atoms in total. The van der Waals surface area contributed by atoms with Crippen LogP contribution in [-0.2, 0) is 10.4 Å². The Morgan fingerprint density at radius 3 is 2.33 bits per heavy atom. The quantitative estimate of drug-likeness (QED) is 0.518. The maximum Gasteiger partial charge on any atom is 0.258 e.